The minimum absolute atomic E-state index is 0.627. The molecule has 2 aromatic rings. The quantitative estimate of drug-likeness (QED) is 0.698. The standard InChI is InChI=1S/C18H22N4O/c1-19-18(20-12-16-8-5-9-17(21-16)23-2)22-11-10-14-6-3-4-7-15(14)13-22/h3-9H,10-13H2,1-2H3,(H,19,20). The number of hydrogen-bond donors (Lipinski definition) is 1. The normalized spacial score (nSPS) is 14.3. The molecule has 0 saturated heterocycles. The second kappa shape index (κ2) is 7.13. The van der Waals surface area contributed by atoms with Gasteiger partial charge in [-0.1, -0.05) is 30.3 Å². The number of hydrogen-bond acceptors (Lipinski definition) is 3. The first-order valence-corrected chi connectivity index (χ1v) is 7.82. The lowest BCUT2D eigenvalue weighted by Crippen LogP contribution is -2.43. The van der Waals surface area contributed by atoms with E-state index >= 15 is 0 Å². The molecule has 1 aromatic heterocycles. The van der Waals surface area contributed by atoms with Crippen LogP contribution in [0.1, 0.15) is 16.8 Å². The van der Waals surface area contributed by atoms with E-state index in [2.05, 4.69) is 44.5 Å². The first-order valence-electron chi connectivity index (χ1n) is 7.82. The van der Waals surface area contributed by atoms with Crippen LogP contribution in [0, 0.1) is 0 Å². The van der Waals surface area contributed by atoms with E-state index in [1.807, 2.05) is 25.2 Å². The van der Waals surface area contributed by atoms with Crippen molar-refractivity contribution in [3.63, 3.8) is 0 Å². The molecule has 0 spiro atoms. The highest BCUT2D eigenvalue weighted by atomic mass is 16.5. The second-order valence-corrected chi connectivity index (χ2v) is 5.51. The summed E-state index contributed by atoms with van der Waals surface area (Å²) in [6, 6.07) is 14.4. The van der Waals surface area contributed by atoms with Gasteiger partial charge in [0.2, 0.25) is 5.88 Å². The molecule has 0 unspecified atom stereocenters. The molecule has 1 aromatic carbocycles. The number of pyridine rings is 1. The summed E-state index contributed by atoms with van der Waals surface area (Å²) in [7, 11) is 3.45. The third-order valence-corrected chi connectivity index (χ3v) is 4.06. The Labute approximate surface area is 137 Å². The van der Waals surface area contributed by atoms with Crippen LogP contribution in [0.15, 0.2) is 47.5 Å². The number of fused-ring (bicyclic) bond motifs is 1. The molecule has 1 N–H and O–H groups in total. The Morgan fingerprint density at radius 3 is 2.83 bits per heavy atom. The van der Waals surface area contributed by atoms with Crippen LogP contribution in [0.2, 0.25) is 0 Å². The van der Waals surface area contributed by atoms with Gasteiger partial charge in [-0.25, -0.2) is 4.98 Å². The molecule has 5 nitrogen and oxygen atoms in total. The molecule has 0 radical (unpaired) electrons. The van der Waals surface area contributed by atoms with Crippen LogP contribution in [-0.2, 0) is 19.5 Å². The van der Waals surface area contributed by atoms with Gasteiger partial charge in [0, 0.05) is 26.2 Å². The van der Waals surface area contributed by atoms with Crippen molar-refractivity contribution in [3.8, 4) is 5.88 Å². The van der Waals surface area contributed by atoms with Crippen LogP contribution < -0.4 is 10.1 Å². The van der Waals surface area contributed by atoms with E-state index in [-0.39, 0.29) is 0 Å². The summed E-state index contributed by atoms with van der Waals surface area (Å²) in [5.74, 6) is 1.54. The van der Waals surface area contributed by atoms with Crippen LogP contribution >= 0.6 is 0 Å². The monoisotopic (exact) mass is 310 g/mol. The Bertz CT molecular complexity index is 699. The van der Waals surface area contributed by atoms with Gasteiger partial charge in [0.15, 0.2) is 5.96 Å². The molecule has 23 heavy (non-hydrogen) atoms. The lowest BCUT2D eigenvalue weighted by molar-refractivity contribution is 0.377. The number of aliphatic imine (C=N–C) groups is 1. The average Bonchev–Trinajstić information content (AvgIpc) is 2.62. The van der Waals surface area contributed by atoms with Gasteiger partial charge in [-0.15, -0.1) is 0 Å². The van der Waals surface area contributed by atoms with Crippen LogP contribution in [0.25, 0.3) is 0 Å². The molecular weight excluding hydrogens is 288 g/mol. The molecule has 2 heterocycles. The summed E-state index contributed by atoms with van der Waals surface area (Å²) in [5.41, 5.74) is 3.75. The largest absolute Gasteiger partial charge is 0.481 e. The highest BCUT2D eigenvalue weighted by Gasteiger charge is 2.18. The Hall–Kier alpha value is -2.56. The lowest BCUT2D eigenvalue weighted by Gasteiger charge is -2.31. The van der Waals surface area contributed by atoms with Gasteiger partial charge in [0.25, 0.3) is 0 Å². The molecule has 0 saturated carbocycles. The number of methoxy groups -OCH3 is 1. The molecular formula is C18H22N4O. The minimum atomic E-state index is 0.627. The summed E-state index contributed by atoms with van der Waals surface area (Å²) in [5, 5.41) is 3.40. The third-order valence-electron chi connectivity index (χ3n) is 4.06. The number of rotatable bonds is 3. The van der Waals surface area contributed by atoms with Gasteiger partial charge >= 0.3 is 0 Å². The highest BCUT2D eigenvalue weighted by molar-refractivity contribution is 5.80. The average molecular weight is 310 g/mol. The van der Waals surface area contributed by atoms with Crippen molar-refractivity contribution in [1.82, 2.24) is 15.2 Å². The van der Waals surface area contributed by atoms with E-state index in [1.54, 1.807) is 7.11 Å². The number of guanidine groups is 1. The van der Waals surface area contributed by atoms with Crippen LogP contribution in [0.5, 0.6) is 5.88 Å². The SMILES string of the molecule is CN=C(NCc1cccc(OC)n1)N1CCc2ccccc2C1. The van der Waals surface area contributed by atoms with E-state index in [9.17, 15) is 0 Å². The zero-order valence-electron chi connectivity index (χ0n) is 13.6. The van der Waals surface area contributed by atoms with Crippen molar-refractivity contribution in [2.45, 2.75) is 19.5 Å². The molecule has 0 amide bonds. The van der Waals surface area contributed by atoms with E-state index in [0.29, 0.717) is 12.4 Å². The maximum atomic E-state index is 5.16. The van der Waals surface area contributed by atoms with Crippen molar-refractivity contribution >= 4 is 5.96 Å². The number of nitrogens with one attached hydrogen (secondary N) is 1. The molecule has 5 heteroatoms. The summed E-state index contributed by atoms with van der Waals surface area (Å²) in [4.78, 5) is 11.1. The first kappa shape index (κ1) is 15.3. The minimum Gasteiger partial charge on any atom is -0.481 e. The Balaban J connectivity index is 1.65. The highest BCUT2D eigenvalue weighted by Crippen LogP contribution is 2.18. The smallest absolute Gasteiger partial charge is 0.213 e. The van der Waals surface area contributed by atoms with E-state index in [0.717, 1.165) is 31.2 Å². The molecule has 1 aliphatic heterocycles. The molecule has 0 aliphatic carbocycles. The number of benzene rings is 1. The van der Waals surface area contributed by atoms with E-state index < -0.39 is 0 Å². The maximum absolute atomic E-state index is 5.16. The fourth-order valence-electron chi connectivity index (χ4n) is 2.85. The van der Waals surface area contributed by atoms with Crippen molar-refractivity contribution in [2.24, 2.45) is 4.99 Å². The fraction of sp³-hybridized carbons (Fsp3) is 0.333. The number of aromatic nitrogens is 1. The lowest BCUT2D eigenvalue weighted by atomic mass is 10.0. The van der Waals surface area contributed by atoms with E-state index in [1.165, 1.54) is 11.1 Å². The fourth-order valence-corrected chi connectivity index (χ4v) is 2.85. The summed E-state index contributed by atoms with van der Waals surface area (Å²) >= 11 is 0. The molecule has 120 valence electrons. The number of nitrogens with zero attached hydrogens (tertiary/aromatic N) is 3. The molecule has 0 bridgehead atoms. The first-order chi connectivity index (χ1) is 11.3. The molecule has 3 rings (SSSR count). The van der Waals surface area contributed by atoms with Gasteiger partial charge in [-0.05, 0) is 23.6 Å². The third kappa shape index (κ3) is 3.62. The maximum Gasteiger partial charge on any atom is 0.213 e. The Morgan fingerprint density at radius 2 is 2.04 bits per heavy atom. The van der Waals surface area contributed by atoms with Crippen LogP contribution in [0.4, 0.5) is 0 Å². The summed E-state index contributed by atoms with van der Waals surface area (Å²) in [6.45, 7) is 2.49. The van der Waals surface area contributed by atoms with E-state index in [4.69, 9.17) is 4.74 Å². The van der Waals surface area contributed by atoms with Crippen molar-refractivity contribution < 1.29 is 4.74 Å². The summed E-state index contributed by atoms with van der Waals surface area (Å²) in [6.07, 6.45) is 1.05. The van der Waals surface area contributed by atoms with Gasteiger partial charge in [-0.2, -0.15) is 0 Å². The topological polar surface area (TPSA) is 49.8 Å². The van der Waals surface area contributed by atoms with Gasteiger partial charge < -0.3 is 15.0 Å². The van der Waals surface area contributed by atoms with Crippen molar-refractivity contribution in [2.75, 3.05) is 20.7 Å². The van der Waals surface area contributed by atoms with Gasteiger partial charge in [0.1, 0.15) is 0 Å². The Kier molecular flexibility index (Phi) is 4.76. The van der Waals surface area contributed by atoms with Crippen molar-refractivity contribution in [3.05, 3.63) is 59.3 Å². The zero-order chi connectivity index (χ0) is 16.1. The molecule has 1 aliphatic rings. The van der Waals surface area contributed by atoms with Gasteiger partial charge in [0.05, 0.1) is 19.3 Å². The van der Waals surface area contributed by atoms with Gasteiger partial charge in [-0.3, -0.25) is 4.99 Å². The van der Waals surface area contributed by atoms with Crippen molar-refractivity contribution in [1.29, 1.82) is 0 Å². The Morgan fingerprint density at radius 1 is 1.22 bits per heavy atom. The molecule has 0 atom stereocenters. The number of ether oxygens (including phenoxy) is 1. The van der Waals surface area contributed by atoms with Crippen LogP contribution in [0.3, 0.4) is 0 Å². The zero-order valence-corrected chi connectivity index (χ0v) is 13.6. The second-order valence-electron chi connectivity index (χ2n) is 5.51. The van der Waals surface area contributed by atoms with Crippen LogP contribution in [-0.4, -0.2) is 36.5 Å². The predicted octanol–water partition coefficient (Wildman–Crippen LogP) is 2.22. The molecule has 0 fully saturated rings. The predicted molar refractivity (Wildman–Crippen MR) is 91.5 cm³/mol. The summed E-state index contributed by atoms with van der Waals surface area (Å²) < 4.78 is 5.16.